The van der Waals surface area contributed by atoms with E-state index in [-0.39, 0.29) is 22.2 Å². The number of nitrogens with zero attached hydrogens (tertiary/aromatic N) is 1. The van der Waals surface area contributed by atoms with Crippen LogP contribution in [0.5, 0.6) is 0 Å². The van der Waals surface area contributed by atoms with Gasteiger partial charge in [-0.2, -0.15) is 0 Å². The lowest BCUT2D eigenvalue weighted by Crippen LogP contribution is -2.03. The minimum atomic E-state index is -2.60. The standard InChI is InChI=1S/C8H6BrF2NO2/c9-5-1-4(8(10)11)3-12-6(5)2-7(13)14/h1,3,8H,2H2,(H,13,14). The molecular formula is C8H6BrF2NO2. The van der Waals surface area contributed by atoms with Gasteiger partial charge in [0, 0.05) is 16.2 Å². The molecule has 0 saturated heterocycles. The zero-order valence-corrected chi connectivity index (χ0v) is 8.46. The fourth-order valence-corrected chi connectivity index (χ4v) is 1.38. The van der Waals surface area contributed by atoms with Crippen LogP contribution in [-0.2, 0) is 11.2 Å². The van der Waals surface area contributed by atoms with Gasteiger partial charge in [0.15, 0.2) is 0 Å². The number of carboxylic acid groups (broad SMARTS) is 1. The first-order valence-corrected chi connectivity index (χ1v) is 4.44. The molecule has 6 heteroatoms. The number of carboxylic acids is 1. The first-order chi connectivity index (χ1) is 6.50. The Morgan fingerprint density at radius 1 is 1.64 bits per heavy atom. The Morgan fingerprint density at radius 2 is 2.29 bits per heavy atom. The van der Waals surface area contributed by atoms with Crippen LogP contribution in [0.3, 0.4) is 0 Å². The number of halogens is 3. The summed E-state index contributed by atoms with van der Waals surface area (Å²) in [5.74, 6) is -1.05. The van der Waals surface area contributed by atoms with Crippen LogP contribution in [0.4, 0.5) is 8.78 Å². The summed E-state index contributed by atoms with van der Waals surface area (Å²) in [6.07, 6.45) is -1.91. The molecule has 0 aliphatic heterocycles. The largest absolute Gasteiger partial charge is 0.481 e. The van der Waals surface area contributed by atoms with Gasteiger partial charge < -0.3 is 5.11 Å². The number of rotatable bonds is 3. The minimum absolute atomic E-state index is 0.231. The van der Waals surface area contributed by atoms with Gasteiger partial charge in [-0.15, -0.1) is 0 Å². The van der Waals surface area contributed by atoms with Crippen molar-refractivity contribution in [1.29, 1.82) is 0 Å². The molecule has 1 aromatic rings. The average Bonchev–Trinajstić information content (AvgIpc) is 2.07. The fourth-order valence-electron chi connectivity index (χ4n) is 0.874. The Hall–Kier alpha value is -1.04. The van der Waals surface area contributed by atoms with Crippen molar-refractivity contribution < 1.29 is 18.7 Å². The summed E-state index contributed by atoms with van der Waals surface area (Å²) in [5.41, 5.74) is 0.00733. The van der Waals surface area contributed by atoms with E-state index < -0.39 is 12.4 Å². The van der Waals surface area contributed by atoms with Crippen LogP contribution in [0.25, 0.3) is 0 Å². The number of carbonyl (C=O) groups is 1. The second kappa shape index (κ2) is 4.45. The van der Waals surface area contributed by atoms with Crippen molar-refractivity contribution in [2.24, 2.45) is 0 Å². The topological polar surface area (TPSA) is 50.2 Å². The maximum atomic E-state index is 12.2. The Bertz CT molecular complexity index is 357. The van der Waals surface area contributed by atoms with Crippen molar-refractivity contribution in [3.05, 3.63) is 28.0 Å². The first kappa shape index (κ1) is 11.0. The molecule has 0 amide bonds. The van der Waals surface area contributed by atoms with Crippen LogP contribution in [0.1, 0.15) is 17.7 Å². The van der Waals surface area contributed by atoms with E-state index in [0.29, 0.717) is 0 Å². The van der Waals surface area contributed by atoms with Gasteiger partial charge in [-0.05, 0) is 22.0 Å². The maximum absolute atomic E-state index is 12.2. The highest BCUT2D eigenvalue weighted by molar-refractivity contribution is 9.10. The van der Waals surface area contributed by atoms with Crippen molar-refractivity contribution in [2.75, 3.05) is 0 Å². The Labute approximate surface area is 86.9 Å². The molecule has 1 heterocycles. The molecule has 0 spiro atoms. The zero-order valence-electron chi connectivity index (χ0n) is 6.88. The minimum Gasteiger partial charge on any atom is -0.481 e. The third-order valence-electron chi connectivity index (χ3n) is 1.51. The molecule has 76 valence electrons. The van der Waals surface area contributed by atoms with Gasteiger partial charge in [-0.1, -0.05) is 0 Å². The molecule has 0 radical (unpaired) electrons. The first-order valence-electron chi connectivity index (χ1n) is 3.65. The van der Waals surface area contributed by atoms with Crippen LogP contribution in [0.2, 0.25) is 0 Å². The van der Waals surface area contributed by atoms with Crippen molar-refractivity contribution in [3.8, 4) is 0 Å². The molecule has 0 atom stereocenters. The van der Waals surface area contributed by atoms with Crippen LogP contribution in [-0.4, -0.2) is 16.1 Å². The number of aromatic nitrogens is 1. The number of hydrogen-bond acceptors (Lipinski definition) is 2. The van der Waals surface area contributed by atoms with E-state index in [0.717, 1.165) is 6.20 Å². The Kier molecular flexibility index (Phi) is 3.51. The van der Waals surface area contributed by atoms with Crippen molar-refractivity contribution in [2.45, 2.75) is 12.8 Å². The molecule has 0 aromatic carbocycles. The summed E-state index contributed by atoms with van der Waals surface area (Å²) in [4.78, 5) is 14.0. The van der Waals surface area contributed by atoms with Gasteiger partial charge >= 0.3 is 5.97 Å². The zero-order chi connectivity index (χ0) is 10.7. The quantitative estimate of drug-likeness (QED) is 0.913. The van der Waals surface area contributed by atoms with Crippen molar-refractivity contribution in [3.63, 3.8) is 0 Å². The molecule has 0 unspecified atom stereocenters. The number of pyridine rings is 1. The third kappa shape index (κ3) is 2.73. The molecule has 0 aliphatic rings. The highest BCUT2D eigenvalue weighted by Gasteiger charge is 2.12. The van der Waals surface area contributed by atoms with Gasteiger partial charge in [0.05, 0.1) is 12.1 Å². The molecule has 14 heavy (non-hydrogen) atoms. The lowest BCUT2D eigenvalue weighted by molar-refractivity contribution is -0.136. The fraction of sp³-hybridized carbons (Fsp3) is 0.250. The summed E-state index contributed by atoms with van der Waals surface area (Å²) in [5, 5.41) is 8.46. The van der Waals surface area contributed by atoms with E-state index in [1.54, 1.807) is 0 Å². The van der Waals surface area contributed by atoms with Gasteiger partial charge in [0.1, 0.15) is 0 Å². The molecule has 1 rings (SSSR count). The average molecular weight is 266 g/mol. The maximum Gasteiger partial charge on any atom is 0.309 e. The van der Waals surface area contributed by atoms with Gasteiger partial charge in [-0.3, -0.25) is 9.78 Å². The van der Waals surface area contributed by atoms with Crippen LogP contribution in [0, 0.1) is 0 Å². The van der Waals surface area contributed by atoms with Gasteiger partial charge in [0.2, 0.25) is 0 Å². The molecule has 1 aromatic heterocycles. The number of hydrogen-bond donors (Lipinski definition) is 1. The van der Waals surface area contributed by atoms with E-state index in [9.17, 15) is 13.6 Å². The van der Waals surface area contributed by atoms with Crippen LogP contribution in [0.15, 0.2) is 16.7 Å². The normalized spacial score (nSPS) is 10.6. The molecule has 0 fully saturated rings. The summed E-state index contributed by atoms with van der Waals surface area (Å²) in [6, 6.07) is 1.18. The second-order valence-electron chi connectivity index (χ2n) is 2.57. The summed E-state index contributed by atoms with van der Waals surface area (Å²) in [6.45, 7) is 0. The summed E-state index contributed by atoms with van der Waals surface area (Å²) < 4.78 is 24.6. The van der Waals surface area contributed by atoms with Crippen molar-refractivity contribution >= 4 is 21.9 Å². The Morgan fingerprint density at radius 3 is 2.71 bits per heavy atom. The molecule has 0 aliphatic carbocycles. The summed E-state index contributed by atoms with van der Waals surface area (Å²) >= 11 is 2.98. The van der Waals surface area contributed by atoms with E-state index >= 15 is 0 Å². The molecule has 3 nitrogen and oxygen atoms in total. The smallest absolute Gasteiger partial charge is 0.309 e. The van der Waals surface area contributed by atoms with Gasteiger partial charge in [-0.25, -0.2) is 8.78 Å². The summed E-state index contributed by atoms with van der Waals surface area (Å²) in [7, 11) is 0. The third-order valence-corrected chi connectivity index (χ3v) is 2.20. The highest BCUT2D eigenvalue weighted by atomic mass is 79.9. The molecule has 0 bridgehead atoms. The molecular weight excluding hydrogens is 260 g/mol. The van der Waals surface area contributed by atoms with E-state index in [1.807, 2.05) is 0 Å². The Balaban J connectivity index is 2.95. The number of aliphatic carboxylic acids is 1. The van der Waals surface area contributed by atoms with E-state index in [2.05, 4.69) is 20.9 Å². The van der Waals surface area contributed by atoms with E-state index in [4.69, 9.17) is 5.11 Å². The van der Waals surface area contributed by atoms with Crippen LogP contribution < -0.4 is 0 Å². The van der Waals surface area contributed by atoms with Crippen LogP contribution >= 0.6 is 15.9 Å². The van der Waals surface area contributed by atoms with Crippen molar-refractivity contribution in [1.82, 2.24) is 4.98 Å². The molecule has 0 saturated carbocycles. The van der Waals surface area contributed by atoms with E-state index in [1.165, 1.54) is 6.07 Å². The predicted octanol–water partition coefficient (Wildman–Crippen LogP) is 2.41. The second-order valence-corrected chi connectivity index (χ2v) is 3.42. The predicted molar refractivity (Wildman–Crippen MR) is 48.2 cm³/mol. The monoisotopic (exact) mass is 265 g/mol. The molecule has 1 N–H and O–H groups in total. The lowest BCUT2D eigenvalue weighted by Gasteiger charge is -2.03. The lowest BCUT2D eigenvalue weighted by atomic mass is 10.2. The van der Waals surface area contributed by atoms with Gasteiger partial charge in [0.25, 0.3) is 6.43 Å². The SMILES string of the molecule is O=C(O)Cc1ncc(C(F)F)cc1Br. The highest BCUT2D eigenvalue weighted by Crippen LogP contribution is 2.23. The number of alkyl halides is 2.